The SMILES string of the molecule is C=C(F)[SiH]1CCCCO1. The fourth-order valence-electron chi connectivity index (χ4n) is 0.988. The van der Waals surface area contributed by atoms with Crippen LogP contribution >= 0.6 is 0 Å². The fourth-order valence-corrected chi connectivity index (χ4v) is 2.76. The van der Waals surface area contributed by atoms with E-state index in [9.17, 15) is 4.39 Å². The lowest BCUT2D eigenvalue weighted by Gasteiger charge is -2.18. The fraction of sp³-hybridized carbons (Fsp3) is 0.667. The molecule has 1 rings (SSSR count). The van der Waals surface area contributed by atoms with E-state index in [0.717, 1.165) is 25.5 Å². The number of rotatable bonds is 1. The molecule has 1 heterocycles. The van der Waals surface area contributed by atoms with Gasteiger partial charge in [0.2, 0.25) is 9.04 Å². The highest BCUT2D eigenvalue weighted by atomic mass is 28.3. The van der Waals surface area contributed by atoms with Gasteiger partial charge in [-0.1, -0.05) is 13.0 Å². The molecule has 0 saturated carbocycles. The van der Waals surface area contributed by atoms with E-state index < -0.39 is 9.04 Å². The molecule has 1 atom stereocenters. The Kier molecular flexibility index (Phi) is 2.42. The minimum atomic E-state index is -1.56. The zero-order valence-electron chi connectivity index (χ0n) is 5.40. The van der Waals surface area contributed by atoms with Gasteiger partial charge in [0.05, 0.1) is 0 Å². The molecule has 52 valence electrons. The minimum Gasteiger partial charge on any atom is -0.413 e. The molecule has 1 aliphatic rings. The number of halogens is 1. The topological polar surface area (TPSA) is 9.23 Å². The first kappa shape index (κ1) is 6.96. The molecule has 1 aliphatic heterocycles. The van der Waals surface area contributed by atoms with Crippen LogP contribution in [0.15, 0.2) is 12.0 Å². The molecular weight excluding hydrogens is 135 g/mol. The summed E-state index contributed by atoms with van der Waals surface area (Å²) in [7, 11) is -1.56. The minimum absolute atomic E-state index is 0.185. The molecular formula is C6H11FOSi. The summed E-state index contributed by atoms with van der Waals surface area (Å²) in [5.74, 6) is 0. The van der Waals surface area contributed by atoms with Crippen LogP contribution in [-0.4, -0.2) is 15.6 Å². The third-order valence-electron chi connectivity index (χ3n) is 1.53. The largest absolute Gasteiger partial charge is 0.413 e. The maximum atomic E-state index is 12.3. The second kappa shape index (κ2) is 3.13. The van der Waals surface area contributed by atoms with Gasteiger partial charge in [-0.15, -0.1) is 0 Å². The Morgan fingerprint density at radius 2 is 2.33 bits per heavy atom. The summed E-state index contributed by atoms with van der Waals surface area (Å²) in [6, 6.07) is 0.940. The van der Waals surface area contributed by atoms with Gasteiger partial charge >= 0.3 is 0 Å². The molecule has 9 heavy (non-hydrogen) atoms. The molecule has 0 bridgehead atoms. The van der Waals surface area contributed by atoms with Crippen molar-refractivity contribution in [3.05, 3.63) is 12.0 Å². The van der Waals surface area contributed by atoms with Crippen LogP contribution < -0.4 is 0 Å². The van der Waals surface area contributed by atoms with Crippen molar-refractivity contribution in [2.75, 3.05) is 6.61 Å². The summed E-state index contributed by atoms with van der Waals surface area (Å²) in [5.41, 5.74) is -0.185. The van der Waals surface area contributed by atoms with Gasteiger partial charge in [0.1, 0.15) is 5.45 Å². The van der Waals surface area contributed by atoms with Crippen molar-refractivity contribution < 1.29 is 8.82 Å². The van der Waals surface area contributed by atoms with E-state index in [4.69, 9.17) is 4.43 Å². The van der Waals surface area contributed by atoms with Gasteiger partial charge in [0, 0.05) is 6.61 Å². The van der Waals surface area contributed by atoms with Crippen molar-refractivity contribution in [1.29, 1.82) is 0 Å². The van der Waals surface area contributed by atoms with Crippen LogP contribution in [-0.2, 0) is 4.43 Å². The molecule has 0 amide bonds. The molecule has 0 aromatic carbocycles. The van der Waals surface area contributed by atoms with Crippen molar-refractivity contribution in [2.24, 2.45) is 0 Å². The second-order valence-corrected chi connectivity index (χ2v) is 4.82. The monoisotopic (exact) mass is 146 g/mol. The van der Waals surface area contributed by atoms with Gasteiger partial charge in [-0.05, 0) is 12.5 Å². The van der Waals surface area contributed by atoms with E-state index in [-0.39, 0.29) is 5.45 Å². The maximum Gasteiger partial charge on any atom is 0.239 e. The van der Waals surface area contributed by atoms with E-state index in [1.54, 1.807) is 0 Å². The van der Waals surface area contributed by atoms with E-state index in [2.05, 4.69) is 6.58 Å². The maximum absolute atomic E-state index is 12.3. The van der Waals surface area contributed by atoms with Crippen molar-refractivity contribution in [3.8, 4) is 0 Å². The van der Waals surface area contributed by atoms with E-state index >= 15 is 0 Å². The lowest BCUT2D eigenvalue weighted by Crippen LogP contribution is -2.23. The first-order chi connectivity index (χ1) is 4.30. The van der Waals surface area contributed by atoms with Gasteiger partial charge < -0.3 is 4.43 Å². The predicted octanol–water partition coefficient (Wildman–Crippen LogP) is 1.54. The van der Waals surface area contributed by atoms with Gasteiger partial charge in [-0.2, -0.15) is 0 Å². The lowest BCUT2D eigenvalue weighted by molar-refractivity contribution is 0.286. The normalized spacial score (nSPS) is 27.9. The Labute approximate surface area is 56.2 Å². The average Bonchev–Trinajstić information content (AvgIpc) is 1.90. The summed E-state index contributed by atoms with van der Waals surface area (Å²) < 4.78 is 17.5. The first-order valence-electron chi connectivity index (χ1n) is 3.26. The van der Waals surface area contributed by atoms with Crippen LogP contribution in [0.25, 0.3) is 0 Å². The van der Waals surface area contributed by atoms with E-state index in [1.165, 1.54) is 0 Å². The highest BCUT2D eigenvalue weighted by Crippen LogP contribution is 2.16. The second-order valence-electron chi connectivity index (χ2n) is 2.30. The zero-order chi connectivity index (χ0) is 6.69. The molecule has 1 fully saturated rings. The van der Waals surface area contributed by atoms with Crippen LogP contribution in [0.2, 0.25) is 6.04 Å². The Morgan fingerprint density at radius 3 is 2.67 bits per heavy atom. The molecule has 1 saturated heterocycles. The first-order valence-corrected chi connectivity index (χ1v) is 5.13. The molecule has 0 spiro atoms. The highest BCUT2D eigenvalue weighted by molar-refractivity contribution is 6.59. The summed E-state index contributed by atoms with van der Waals surface area (Å²) in [6.45, 7) is 4.00. The number of hydrogen-bond donors (Lipinski definition) is 0. The van der Waals surface area contributed by atoms with Gasteiger partial charge in [-0.3, -0.25) is 0 Å². The lowest BCUT2D eigenvalue weighted by atomic mass is 10.4. The van der Waals surface area contributed by atoms with Crippen molar-refractivity contribution in [1.82, 2.24) is 0 Å². The summed E-state index contributed by atoms with van der Waals surface area (Å²) in [6.07, 6.45) is 2.22. The van der Waals surface area contributed by atoms with Crippen molar-refractivity contribution in [2.45, 2.75) is 18.9 Å². The zero-order valence-corrected chi connectivity index (χ0v) is 6.55. The predicted molar refractivity (Wildman–Crippen MR) is 37.4 cm³/mol. The molecule has 0 aromatic heterocycles. The quantitative estimate of drug-likeness (QED) is 0.510. The van der Waals surface area contributed by atoms with Gasteiger partial charge in [0.15, 0.2) is 0 Å². The molecule has 3 heteroatoms. The molecule has 1 nitrogen and oxygen atoms in total. The van der Waals surface area contributed by atoms with Crippen LogP contribution in [0.4, 0.5) is 4.39 Å². The summed E-state index contributed by atoms with van der Waals surface area (Å²) in [4.78, 5) is 0. The Bertz CT molecular complexity index is 110. The van der Waals surface area contributed by atoms with Crippen molar-refractivity contribution in [3.63, 3.8) is 0 Å². The smallest absolute Gasteiger partial charge is 0.239 e. The van der Waals surface area contributed by atoms with Crippen LogP contribution in [0.5, 0.6) is 0 Å². The van der Waals surface area contributed by atoms with E-state index in [1.807, 2.05) is 0 Å². The Hall–Kier alpha value is -0.153. The summed E-state index contributed by atoms with van der Waals surface area (Å²) in [5, 5.41) is 0. The van der Waals surface area contributed by atoms with Crippen LogP contribution in [0.1, 0.15) is 12.8 Å². The molecule has 0 aromatic rings. The number of hydrogen-bond acceptors (Lipinski definition) is 1. The molecule has 1 unspecified atom stereocenters. The highest BCUT2D eigenvalue weighted by Gasteiger charge is 2.18. The van der Waals surface area contributed by atoms with Gasteiger partial charge in [0.25, 0.3) is 0 Å². The Balaban J connectivity index is 2.31. The van der Waals surface area contributed by atoms with Crippen LogP contribution in [0, 0.1) is 0 Å². The summed E-state index contributed by atoms with van der Waals surface area (Å²) >= 11 is 0. The van der Waals surface area contributed by atoms with Gasteiger partial charge in [-0.25, -0.2) is 4.39 Å². The van der Waals surface area contributed by atoms with Crippen LogP contribution in [0.3, 0.4) is 0 Å². The molecule has 0 radical (unpaired) electrons. The third kappa shape index (κ3) is 1.91. The standard InChI is InChI=1S/C6H11FOSi/c1-6(7)9-5-3-2-4-8-9/h9H,1-5H2. The molecule has 0 N–H and O–H groups in total. The Morgan fingerprint density at radius 1 is 1.56 bits per heavy atom. The third-order valence-corrected chi connectivity index (χ3v) is 3.80. The van der Waals surface area contributed by atoms with E-state index in [0.29, 0.717) is 0 Å². The molecule has 0 aliphatic carbocycles. The average molecular weight is 146 g/mol. The van der Waals surface area contributed by atoms with Crippen molar-refractivity contribution >= 4 is 9.04 Å².